The lowest BCUT2D eigenvalue weighted by molar-refractivity contribution is -0.116. The highest BCUT2D eigenvalue weighted by Crippen LogP contribution is 2.27. The number of nitrogens with one attached hydrogen (secondary N) is 1. The molecule has 1 saturated carbocycles. The number of carboxylic acid groups (broad SMARTS) is 1. The molecule has 1 aliphatic carbocycles. The van der Waals surface area contributed by atoms with E-state index in [-0.39, 0.29) is 16.5 Å². The van der Waals surface area contributed by atoms with Crippen LogP contribution in [-0.4, -0.2) is 17.0 Å². The molecule has 5 heteroatoms. The van der Waals surface area contributed by atoms with E-state index in [0.717, 1.165) is 6.42 Å². The largest absolute Gasteiger partial charge is 0.478 e. The van der Waals surface area contributed by atoms with Crippen molar-refractivity contribution in [2.75, 3.05) is 5.32 Å². The smallest absolute Gasteiger partial charge is 0.337 e. The maximum atomic E-state index is 11.9. The van der Waals surface area contributed by atoms with Crippen LogP contribution in [0.15, 0.2) is 18.2 Å². The summed E-state index contributed by atoms with van der Waals surface area (Å²) in [6.07, 6.45) is 7.68. The molecule has 1 aliphatic rings. The van der Waals surface area contributed by atoms with E-state index in [4.69, 9.17) is 16.7 Å². The first-order valence-electron chi connectivity index (χ1n) is 7.39. The Balaban J connectivity index is 1.87. The third kappa shape index (κ3) is 4.74. The van der Waals surface area contributed by atoms with Gasteiger partial charge in [-0.05, 0) is 30.5 Å². The normalized spacial score (nSPS) is 15.7. The second-order valence-corrected chi connectivity index (χ2v) is 6.00. The number of rotatable bonds is 5. The van der Waals surface area contributed by atoms with Crippen LogP contribution in [0.5, 0.6) is 0 Å². The van der Waals surface area contributed by atoms with Gasteiger partial charge < -0.3 is 10.4 Å². The molecule has 0 heterocycles. The van der Waals surface area contributed by atoms with Gasteiger partial charge in [-0.1, -0.05) is 43.7 Å². The zero-order chi connectivity index (χ0) is 15.2. The fourth-order valence-corrected chi connectivity index (χ4v) is 3.00. The number of carbonyl (C=O) groups excluding carboxylic acids is 1. The Labute approximate surface area is 129 Å². The van der Waals surface area contributed by atoms with Crippen molar-refractivity contribution in [3.63, 3.8) is 0 Å². The van der Waals surface area contributed by atoms with Crippen LogP contribution in [0.2, 0.25) is 5.02 Å². The number of carbonyl (C=O) groups is 2. The number of benzene rings is 1. The van der Waals surface area contributed by atoms with Gasteiger partial charge in [0.15, 0.2) is 0 Å². The van der Waals surface area contributed by atoms with E-state index in [9.17, 15) is 9.59 Å². The zero-order valence-electron chi connectivity index (χ0n) is 11.9. The van der Waals surface area contributed by atoms with Crippen molar-refractivity contribution in [2.45, 2.75) is 44.9 Å². The molecule has 0 atom stereocenters. The molecule has 1 aromatic carbocycles. The van der Waals surface area contributed by atoms with Gasteiger partial charge in [0.2, 0.25) is 5.91 Å². The monoisotopic (exact) mass is 309 g/mol. The number of hydrogen-bond acceptors (Lipinski definition) is 2. The summed E-state index contributed by atoms with van der Waals surface area (Å²) in [4.78, 5) is 22.9. The molecule has 0 radical (unpaired) electrons. The zero-order valence-corrected chi connectivity index (χ0v) is 12.7. The second-order valence-electron chi connectivity index (χ2n) is 5.59. The standard InChI is InChI=1S/C16H20ClNO3/c17-14-8-7-12(10-13(14)16(20)21)18-15(19)9-6-11-4-2-1-3-5-11/h7-8,10-11H,1-6,9H2,(H,18,19)(H,20,21). The van der Waals surface area contributed by atoms with Crippen molar-refractivity contribution < 1.29 is 14.7 Å². The van der Waals surface area contributed by atoms with Crippen LogP contribution in [0, 0.1) is 5.92 Å². The minimum atomic E-state index is -1.10. The Hall–Kier alpha value is -1.55. The van der Waals surface area contributed by atoms with Crippen molar-refractivity contribution in [2.24, 2.45) is 5.92 Å². The average Bonchev–Trinajstić information content (AvgIpc) is 2.48. The lowest BCUT2D eigenvalue weighted by Gasteiger charge is -2.21. The molecule has 0 spiro atoms. The topological polar surface area (TPSA) is 66.4 Å². The molecule has 2 rings (SSSR count). The van der Waals surface area contributed by atoms with Gasteiger partial charge in [-0.3, -0.25) is 4.79 Å². The Bertz CT molecular complexity index is 524. The highest BCUT2D eigenvalue weighted by molar-refractivity contribution is 6.33. The van der Waals surface area contributed by atoms with E-state index in [2.05, 4.69) is 5.32 Å². The van der Waals surface area contributed by atoms with Crippen molar-refractivity contribution in [3.05, 3.63) is 28.8 Å². The summed E-state index contributed by atoms with van der Waals surface area (Å²) in [5.41, 5.74) is 0.479. The lowest BCUT2D eigenvalue weighted by atomic mass is 9.86. The van der Waals surface area contributed by atoms with E-state index >= 15 is 0 Å². The molecule has 2 N–H and O–H groups in total. The summed E-state index contributed by atoms with van der Waals surface area (Å²) in [5.74, 6) is -0.512. The van der Waals surface area contributed by atoms with Gasteiger partial charge in [0, 0.05) is 12.1 Å². The fraction of sp³-hybridized carbons (Fsp3) is 0.500. The molecule has 0 bridgehead atoms. The van der Waals surface area contributed by atoms with Crippen LogP contribution < -0.4 is 5.32 Å². The summed E-state index contributed by atoms with van der Waals surface area (Å²) in [5, 5.41) is 11.9. The molecule has 1 fully saturated rings. The Morgan fingerprint density at radius 1 is 1.24 bits per heavy atom. The summed E-state index contributed by atoms with van der Waals surface area (Å²) >= 11 is 5.80. The molecular formula is C16H20ClNO3. The first-order chi connectivity index (χ1) is 10.1. The molecule has 0 aliphatic heterocycles. The van der Waals surface area contributed by atoms with Gasteiger partial charge in [-0.25, -0.2) is 4.79 Å². The molecule has 1 amide bonds. The number of hydrogen-bond donors (Lipinski definition) is 2. The quantitative estimate of drug-likeness (QED) is 0.850. The predicted molar refractivity (Wildman–Crippen MR) is 82.9 cm³/mol. The van der Waals surface area contributed by atoms with E-state index in [1.165, 1.54) is 44.2 Å². The maximum absolute atomic E-state index is 11.9. The van der Waals surface area contributed by atoms with Gasteiger partial charge in [0.1, 0.15) is 0 Å². The third-order valence-corrected chi connectivity index (χ3v) is 4.31. The first-order valence-corrected chi connectivity index (χ1v) is 7.77. The van der Waals surface area contributed by atoms with Crippen molar-refractivity contribution in [1.82, 2.24) is 0 Å². The van der Waals surface area contributed by atoms with Crippen LogP contribution in [0.4, 0.5) is 5.69 Å². The summed E-state index contributed by atoms with van der Waals surface area (Å²) in [6.45, 7) is 0. The predicted octanol–water partition coefficient (Wildman–Crippen LogP) is 4.34. The van der Waals surface area contributed by atoms with E-state index < -0.39 is 5.97 Å². The van der Waals surface area contributed by atoms with Gasteiger partial charge in [-0.2, -0.15) is 0 Å². The minimum Gasteiger partial charge on any atom is -0.478 e. The van der Waals surface area contributed by atoms with Crippen molar-refractivity contribution in [3.8, 4) is 0 Å². The molecule has 0 aromatic heterocycles. The minimum absolute atomic E-state index is 0.00162. The van der Waals surface area contributed by atoms with Crippen LogP contribution in [0.1, 0.15) is 55.3 Å². The molecule has 0 saturated heterocycles. The van der Waals surface area contributed by atoms with Crippen LogP contribution in [0.3, 0.4) is 0 Å². The van der Waals surface area contributed by atoms with Crippen molar-refractivity contribution >= 4 is 29.2 Å². The summed E-state index contributed by atoms with van der Waals surface area (Å²) < 4.78 is 0. The number of aromatic carboxylic acids is 1. The summed E-state index contributed by atoms with van der Waals surface area (Å²) in [7, 11) is 0. The first kappa shape index (κ1) is 15.8. The van der Waals surface area contributed by atoms with Gasteiger partial charge in [0.05, 0.1) is 10.6 Å². The lowest BCUT2D eigenvalue weighted by Crippen LogP contribution is -2.15. The van der Waals surface area contributed by atoms with E-state index in [1.54, 1.807) is 6.07 Å². The third-order valence-electron chi connectivity index (χ3n) is 3.98. The average molecular weight is 310 g/mol. The molecule has 4 nitrogen and oxygen atoms in total. The van der Waals surface area contributed by atoms with Gasteiger partial charge in [-0.15, -0.1) is 0 Å². The Morgan fingerprint density at radius 3 is 2.62 bits per heavy atom. The van der Waals surface area contributed by atoms with Crippen LogP contribution in [0.25, 0.3) is 0 Å². The SMILES string of the molecule is O=C(CCC1CCCCC1)Nc1ccc(Cl)c(C(=O)O)c1. The van der Waals surface area contributed by atoms with Crippen LogP contribution in [-0.2, 0) is 4.79 Å². The Morgan fingerprint density at radius 2 is 1.95 bits per heavy atom. The maximum Gasteiger partial charge on any atom is 0.337 e. The number of carboxylic acids is 1. The highest BCUT2D eigenvalue weighted by atomic mass is 35.5. The highest BCUT2D eigenvalue weighted by Gasteiger charge is 2.15. The number of halogens is 1. The molecule has 1 aromatic rings. The summed E-state index contributed by atoms with van der Waals surface area (Å²) in [6, 6.07) is 4.50. The van der Waals surface area contributed by atoms with E-state index in [1.807, 2.05) is 0 Å². The molecular weight excluding hydrogens is 290 g/mol. The second kappa shape index (κ2) is 7.46. The van der Waals surface area contributed by atoms with Gasteiger partial charge in [0.25, 0.3) is 0 Å². The number of amides is 1. The van der Waals surface area contributed by atoms with Gasteiger partial charge >= 0.3 is 5.97 Å². The van der Waals surface area contributed by atoms with Crippen LogP contribution >= 0.6 is 11.6 Å². The Kier molecular flexibility index (Phi) is 5.62. The molecule has 21 heavy (non-hydrogen) atoms. The van der Waals surface area contributed by atoms with E-state index in [0.29, 0.717) is 18.0 Å². The van der Waals surface area contributed by atoms with Crippen molar-refractivity contribution in [1.29, 1.82) is 0 Å². The molecule has 114 valence electrons. The number of anilines is 1. The molecule has 0 unspecified atom stereocenters. The fourth-order valence-electron chi connectivity index (χ4n) is 2.80.